The zero-order valence-corrected chi connectivity index (χ0v) is 16.5. The van der Waals surface area contributed by atoms with Crippen LogP contribution in [0.15, 0.2) is 48.5 Å². The summed E-state index contributed by atoms with van der Waals surface area (Å²) in [5, 5.41) is 8.55. The number of hydrogen-bond acceptors (Lipinski definition) is 6. The molecule has 0 aliphatic heterocycles. The monoisotopic (exact) mass is 363 g/mol. The van der Waals surface area contributed by atoms with Crippen LogP contribution in [-0.2, 0) is 0 Å². The molecular weight excluding hydrogens is 338 g/mol. The summed E-state index contributed by atoms with van der Waals surface area (Å²) in [5.74, 6) is 0. The molecule has 0 N–H and O–H groups in total. The summed E-state index contributed by atoms with van der Waals surface area (Å²) in [6.45, 7) is 2.40. The minimum atomic E-state index is 0.290. The van der Waals surface area contributed by atoms with Crippen LogP contribution in [0.4, 0.5) is 11.4 Å². The van der Waals surface area contributed by atoms with Gasteiger partial charge in [0.25, 0.3) is 0 Å². The van der Waals surface area contributed by atoms with Gasteiger partial charge >= 0.3 is 6.01 Å². The van der Waals surface area contributed by atoms with Crippen LogP contribution >= 0.6 is 0 Å². The average molecular weight is 363 g/mol. The van der Waals surface area contributed by atoms with Crippen molar-refractivity contribution in [1.82, 2.24) is 15.2 Å². The van der Waals surface area contributed by atoms with Crippen molar-refractivity contribution < 1.29 is 4.74 Å². The molecule has 0 fully saturated rings. The van der Waals surface area contributed by atoms with E-state index in [-0.39, 0.29) is 6.01 Å². The molecule has 0 saturated carbocycles. The van der Waals surface area contributed by atoms with E-state index in [1.54, 1.807) is 0 Å². The van der Waals surface area contributed by atoms with Crippen LogP contribution < -0.4 is 14.5 Å². The van der Waals surface area contributed by atoms with Crippen LogP contribution in [0.5, 0.6) is 6.01 Å². The standard InChI is InChI=1S/C21H25N5O/c1-6-27-21-22-19(15-7-11-17(12-8-15)25(2)3)20(23-24-21)16-9-13-18(14-10-16)26(4)5/h7-14H,6H2,1-5H3. The zero-order chi connectivity index (χ0) is 19.4. The lowest BCUT2D eigenvalue weighted by molar-refractivity contribution is 0.308. The van der Waals surface area contributed by atoms with Crippen molar-refractivity contribution in [3.05, 3.63) is 48.5 Å². The Morgan fingerprint density at radius 3 is 1.63 bits per heavy atom. The van der Waals surface area contributed by atoms with E-state index < -0.39 is 0 Å². The number of anilines is 2. The molecule has 140 valence electrons. The number of rotatable bonds is 6. The Labute approximate surface area is 160 Å². The Morgan fingerprint density at radius 2 is 1.19 bits per heavy atom. The maximum absolute atomic E-state index is 5.47. The van der Waals surface area contributed by atoms with Gasteiger partial charge in [0.1, 0.15) is 11.4 Å². The van der Waals surface area contributed by atoms with Crippen molar-refractivity contribution >= 4 is 11.4 Å². The molecule has 0 spiro atoms. The predicted octanol–water partition coefficient (Wildman–Crippen LogP) is 3.74. The van der Waals surface area contributed by atoms with Crippen LogP contribution in [-0.4, -0.2) is 50.0 Å². The molecule has 0 atom stereocenters. The first-order chi connectivity index (χ1) is 13.0. The third-order valence-corrected chi connectivity index (χ3v) is 4.26. The molecule has 0 amide bonds. The van der Waals surface area contributed by atoms with Gasteiger partial charge in [-0.2, -0.15) is 4.98 Å². The van der Waals surface area contributed by atoms with Crippen LogP contribution in [0, 0.1) is 0 Å². The fourth-order valence-corrected chi connectivity index (χ4v) is 2.73. The van der Waals surface area contributed by atoms with E-state index in [1.165, 1.54) is 0 Å². The number of benzene rings is 2. The maximum Gasteiger partial charge on any atom is 0.336 e. The fourth-order valence-electron chi connectivity index (χ4n) is 2.73. The highest BCUT2D eigenvalue weighted by atomic mass is 16.5. The molecule has 3 rings (SSSR count). The largest absolute Gasteiger partial charge is 0.463 e. The summed E-state index contributed by atoms with van der Waals surface area (Å²) in [6, 6.07) is 16.7. The molecule has 27 heavy (non-hydrogen) atoms. The molecule has 0 saturated heterocycles. The van der Waals surface area contributed by atoms with E-state index in [4.69, 9.17) is 4.74 Å². The molecule has 6 nitrogen and oxygen atoms in total. The second-order valence-electron chi connectivity index (χ2n) is 6.61. The quantitative estimate of drug-likeness (QED) is 0.665. The van der Waals surface area contributed by atoms with E-state index in [1.807, 2.05) is 59.4 Å². The summed E-state index contributed by atoms with van der Waals surface area (Å²) in [7, 11) is 8.08. The summed E-state index contributed by atoms with van der Waals surface area (Å²) < 4.78 is 5.47. The van der Waals surface area contributed by atoms with Crippen molar-refractivity contribution in [1.29, 1.82) is 0 Å². The van der Waals surface area contributed by atoms with Gasteiger partial charge in [-0.1, -0.05) is 29.4 Å². The molecule has 0 aliphatic carbocycles. The van der Waals surface area contributed by atoms with Crippen LogP contribution in [0.25, 0.3) is 22.5 Å². The highest BCUT2D eigenvalue weighted by Gasteiger charge is 2.15. The SMILES string of the molecule is CCOc1nnc(-c2ccc(N(C)C)cc2)c(-c2ccc(N(C)C)cc2)n1. The Kier molecular flexibility index (Phi) is 5.54. The first kappa shape index (κ1) is 18.6. The van der Waals surface area contributed by atoms with Gasteiger partial charge in [0, 0.05) is 50.7 Å². The molecule has 6 heteroatoms. The van der Waals surface area contributed by atoms with Crippen LogP contribution in [0.3, 0.4) is 0 Å². The van der Waals surface area contributed by atoms with E-state index in [9.17, 15) is 0 Å². The highest BCUT2D eigenvalue weighted by molar-refractivity contribution is 5.79. The summed E-state index contributed by atoms with van der Waals surface area (Å²) >= 11 is 0. The minimum Gasteiger partial charge on any atom is -0.463 e. The van der Waals surface area contributed by atoms with Crippen LogP contribution in [0.2, 0.25) is 0 Å². The fraction of sp³-hybridized carbons (Fsp3) is 0.286. The lowest BCUT2D eigenvalue weighted by Crippen LogP contribution is -2.08. The third kappa shape index (κ3) is 4.16. The van der Waals surface area contributed by atoms with Crippen molar-refractivity contribution in [2.75, 3.05) is 44.6 Å². The second kappa shape index (κ2) is 8.03. The normalized spacial score (nSPS) is 10.6. The van der Waals surface area contributed by atoms with E-state index in [0.717, 1.165) is 33.9 Å². The lowest BCUT2D eigenvalue weighted by atomic mass is 10.0. The Balaban J connectivity index is 2.07. The summed E-state index contributed by atoms with van der Waals surface area (Å²) in [5.41, 5.74) is 5.70. The maximum atomic E-state index is 5.47. The number of ether oxygens (including phenoxy) is 1. The van der Waals surface area contributed by atoms with E-state index >= 15 is 0 Å². The minimum absolute atomic E-state index is 0.290. The van der Waals surface area contributed by atoms with Gasteiger partial charge in [0.2, 0.25) is 0 Å². The molecule has 1 heterocycles. The molecule has 2 aromatic carbocycles. The zero-order valence-electron chi connectivity index (χ0n) is 16.5. The molecule has 3 aromatic rings. The van der Waals surface area contributed by atoms with Crippen molar-refractivity contribution in [3.8, 4) is 28.5 Å². The smallest absolute Gasteiger partial charge is 0.336 e. The van der Waals surface area contributed by atoms with Gasteiger partial charge in [-0.3, -0.25) is 0 Å². The van der Waals surface area contributed by atoms with Gasteiger partial charge < -0.3 is 14.5 Å². The number of nitrogens with zero attached hydrogens (tertiary/aromatic N) is 5. The predicted molar refractivity (Wildman–Crippen MR) is 111 cm³/mol. The molecule has 1 aromatic heterocycles. The number of aromatic nitrogens is 3. The third-order valence-electron chi connectivity index (χ3n) is 4.26. The van der Waals surface area contributed by atoms with Crippen molar-refractivity contribution in [2.24, 2.45) is 0 Å². The Hall–Kier alpha value is -3.15. The molecular formula is C21H25N5O. The van der Waals surface area contributed by atoms with Gasteiger partial charge in [0.15, 0.2) is 0 Å². The van der Waals surface area contributed by atoms with Gasteiger partial charge in [-0.05, 0) is 31.2 Å². The molecule has 0 unspecified atom stereocenters. The number of hydrogen-bond donors (Lipinski definition) is 0. The lowest BCUT2D eigenvalue weighted by Gasteiger charge is -2.15. The van der Waals surface area contributed by atoms with Gasteiger partial charge in [0.05, 0.1) is 6.61 Å². The molecule has 0 bridgehead atoms. The van der Waals surface area contributed by atoms with Crippen molar-refractivity contribution in [3.63, 3.8) is 0 Å². The Bertz CT molecular complexity index is 889. The second-order valence-corrected chi connectivity index (χ2v) is 6.61. The molecule has 0 radical (unpaired) electrons. The van der Waals surface area contributed by atoms with Crippen molar-refractivity contribution in [2.45, 2.75) is 6.92 Å². The first-order valence-electron chi connectivity index (χ1n) is 8.92. The summed E-state index contributed by atoms with van der Waals surface area (Å²) in [6.07, 6.45) is 0. The summed E-state index contributed by atoms with van der Waals surface area (Å²) in [4.78, 5) is 8.75. The highest BCUT2D eigenvalue weighted by Crippen LogP contribution is 2.31. The van der Waals surface area contributed by atoms with E-state index in [0.29, 0.717) is 6.61 Å². The van der Waals surface area contributed by atoms with Crippen LogP contribution in [0.1, 0.15) is 6.92 Å². The van der Waals surface area contributed by atoms with E-state index in [2.05, 4.69) is 49.2 Å². The molecule has 0 aliphatic rings. The average Bonchev–Trinajstić information content (AvgIpc) is 2.68. The first-order valence-corrected chi connectivity index (χ1v) is 8.92. The topological polar surface area (TPSA) is 54.4 Å². The Morgan fingerprint density at radius 1 is 0.704 bits per heavy atom. The van der Waals surface area contributed by atoms with Gasteiger partial charge in [-0.25, -0.2) is 0 Å². The van der Waals surface area contributed by atoms with Gasteiger partial charge in [-0.15, -0.1) is 5.10 Å².